The number of amides is 2. The van der Waals surface area contributed by atoms with Crippen LogP contribution in [0.2, 0.25) is 0 Å². The van der Waals surface area contributed by atoms with Crippen LogP contribution < -0.4 is 25.0 Å². The maximum Gasteiger partial charge on any atom is 0.313 e. The van der Waals surface area contributed by atoms with Crippen LogP contribution in [-0.4, -0.2) is 45.7 Å². The molecule has 2 N–H and O–H groups in total. The molecule has 30 heavy (non-hydrogen) atoms. The van der Waals surface area contributed by atoms with Gasteiger partial charge in [0.1, 0.15) is 0 Å². The summed E-state index contributed by atoms with van der Waals surface area (Å²) in [6.07, 6.45) is 4.28. The van der Waals surface area contributed by atoms with Gasteiger partial charge in [-0.1, -0.05) is 6.07 Å². The Kier molecular flexibility index (Phi) is 7.54. The van der Waals surface area contributed by atoms with Gasteiger partial charge in [-0.25, -0.2) is 0 Å². The molecule has 0 spiro atoms. The van der Waals surface area contributed by atoms with Crippen LogP contribution in [0, 0.1) is 0 Å². The van der Waals surface area contributed by atoms with Crippen molar-refractivity contribution in [3.8, 4) is 11.5 Å². The number of carbonyl (C=O) groups excluding carboxylic acids is 2. The number of methoxy groups -OCH3 is 2. The van der Waals surface area contributed by atoms with Crippen LogP contribution in [0.3, 0.4) is 0 Å². The van der Waals surface area contributed by atoms with Gasteiger partial charge in [-0.3, -0.25) is 9.59 Å². The van der Waals surface area contributed by atoms with Gasteiger partial charge >= 0.3 is 11.8 Å². The van der Waals surface area contributed by atoms with E-state index in [4.69, 9.17) is 9.47 Å². The molecular formula is C23H29N3O4. The lowest BCUT2D eigenvalue weighted by Gasteiger charge is -2.28. The normalized spacial score (nSPS) is 13.5. The van der Waals surface area contributed by atoms with Gasteiger partial charge in [-0.15, -0.1) is 0 Å². The van der Waals surface area contributed by atoms with E-state index >= 15 is 0 Å². The number of anilines is 2. The van der Waals surface area contributed by atoms with Crippen molar-refractivity contribution in [2.75, 3.05) is 44.1 Å². The molecule has 0 aromatic heterocycles. The molecule has 2 amide bonds. The average molecular weight is 412 g/mol. The fourth-order valence-electron chi connectivity index (χ4n) is 3.53. The largest absolute Gasteiger partial charge is 0.493 e. The van der Waals surface area contributed by atoms with Gasteiger partial charge in [0.05, 0.1) is 14.2 Å². The predicted molar refractivity (Wildman–Crippen MR) is 117 cm³/mol. The second-order valence-electron chi connectivity index (χ2n) is 7.24. The lowest BCUT2D eigenvalue weighted by Crippen LogP contribution is -2.36. The van der Waals surface area contributed by atoms with Gasteiger partial charge in [0.2, 0.25) is 0 Å². The van der Waals surface area contributed by atoms with E-state index in [0.29, 0.717) is 30.2 Å². The highest BCUT2D eigenvalue weighted by Crippen LogP contribution is 2.27. The van der Waals surface area contributed by atoms with Gasteiger partial charge < -0.3 is 25.0 Å². The molecule has 0 atom stereocenters. The Bertz CT molecular complexity index is 861. The van der Waals surface area contributed by atoms with E-state index < -0.39 is 11.8 Å². The summed E-state index contributed by atoms with van der Waals surface area (Å²) in [6, 6.07) is 13.2. The molecule has 1 aliphatic rings. The number of ether oxygens (including phenoxy) is 2. The van der Waals surface area contributed by atoms with Gasteiger partial charge in [0, 0.05) is 31.0 Å². The number of rotatable bonds is 7. The molecule has 3 rings (SSSR count). The standard InChI is InChI=1S/C23H29N3O4/c1-29-20-11-6-17(16-21(20)30-2)12-13-24-22(27)23(28)25-18-7-9-19(10-8-18)26-14-4-3-5-15-26/h6-11,16H,3-5,12-15H2,1-2H3,(H,24,27)(H,25,28). The maximum atomic E-state index is 12.2. The summed E-state index contributed by atoms with van der Waals surface area (Å²) in [5.74, 6) is -0.0494. The minimum atomic E-state index is -0.673. The first kappa shape index (κ1) is 21.5. The highest BCUT2D eigenvalue weighted by Gasteiger charge is 2.15. The first-order valence-corrected chi connectivity index (χ1v) is 10.3. The minimum Gasteiger partial charge on any atom is -0.493 e. The van der Waals surface area contributed by atoms with Crippen molar-refractivity contribution in [1.82, 2.24) is 5.32 Å². The van der Waals surface area contributed by atoms with Crippen molar-refractivity contribution in [3.05, 3.63) is 48.0 Å². The topological polar surface area (TPSA) is 79.9 Å². The fraction of sp³-hybridized carbons (Fsp3) is 0.391. The number of hydrogen-bond acceptors (Lipinski definition) is 5. The lowest BCUT2D eigenvalue weighted by molar-refractivity contribution is -0.136. The molecule has 7 nitrogen and oxygen atoms in total. The Morgan fingerprint density at radius 2 is 1.60 bits per heavy atom. The molecule has 7 heteroatoms. The van der Waals surface area contributed by atoms with Crippen LogP contribution in [0.1, 0.15) is 24.8 Å². The van der Waals surface area contributed by atoms with Gasteiger partial charge in [0.15, 0.2) is 11.5 Å². The lowest BCUT2D eigenvalue weighted by atomic mass is 10.1. The van der Waals surface area contributed by atoms with Crippen LogP contribution >= 0.6 is 0 Å². The molecule has 1 heterocycles. The molecule has 1 saturated heterocycles. The molecule has 0 aliphatic carbocycles. The number of piperidine rings is 1. The van der Waals surface area contributed by atoms with Crippen molar-refractivity contribution >= 4 is 23.2 Å². The van der Waals surface area contributed by atoms with Crippen LogP contribution in [0.4, 0.5) is 11.4 Å². The third kappa shape index (κ3) is 5.65. The second kappa shape index (κ2) is 10.5. The smallest absolute Gasteiger partial charge is 0.313 e. The summed E-state index contributed by atoms with van der Waals surface area (Å²) in [5, 5.41) is 5.30. The number of hydrogen-bond donors (Lipinski definition) is 2. The Balaban J connectivity index is 1.46. The van der Waals surface area contributed by atoms with Gasteiger partial charge in [-0.2, -0.15) is 0 Å². The molecule has 160 valence electrons. The second-order valence-corrected chi connectivity index (χ2v) is 7.24. The summed E-state index contributed by atoms with van der Waals surface area (Å²) in [6.45, 7) is 2.47. The van der Waals surface area contributed by atoms with Crippen molar-refractivity contribution in [1.29, 1.82) is 0 Å². The monoisotopic (exact) mass is 411 g/mol. The van der Waals surface area contributed by atoms with Crippen LogP contribution in [0.5, 0.6) is 11.5 Å². The molecule has 0 unspecified atom stereocenters. The summed E-state index contributed by atoms with van der Waals surface area (Å²) >= 11 is 0. The average Bonchev–Trinajstić information content (AvgIpc) is 2.79. The van der Waals surface area contributed by atoms with Crippen molar-refractivity contribution in [2.24, 2.45) is 0 Å². The SMILES string of the molecule is COc1ccc(CCNC(=O)C(=O)Nc2ccc(N3CCCCC3)cc2)cc1OC. The third-order valence-electron chi connectivity index (χ3n) is 5.20. The Labute approximate surface area is 177 Å². The van der Waals surface area contributed by atoms with E-state index in [0.717, 1.165) is 24.3 Å². The highest BCUT2D eigenvalue weighted by molar-refractivity contribution is 6.39. The van der Waals surface area contributed by atoms with E-state index in [-0.39, 0.29) is 0 Å². The van der Waals surface area contributed by atoms with E-state index in [2.05, 4.69) is 15.5 Å². The predicted octanol–water partition coefficient (Wildman–Crippen LogP) is 2.99. The molecule has 2 aromatic rings. The number of nitrogens with one attached hydrogen (secondary N) is 2. The Morgan fingerprint density at radius 3 is 2.27 bits per heavy atom. The molecule has 2 aromatic carbocycles. The summed E-state index contributed by atoms with van der Waals surface area (Å²) < 4.78 is 10.5. The number of benzene rings is 2. The number of nitrogens with zero attached hydrogens (tertiary/aromatic N) is 1. The molecule has 0 radical (unpaired) electrons. The van der Waals surface area contributed by atoms with Crippen molar-refractivity contribution in [2.45, 2.75) is 25.7 Å². The summed E-state index contributed by atoms with van der Waals surface area (Å²) in [7, 11) is 3.16. The first-order valence-electron chi connectivity index (χ1n) is 10.3. The number of carbonyl (C=O) groups is 2. The van der Waals surface area contributed by atoms with Gasteiger partial charge in [0.25, 0.3) is 0 Å². The van der Waals surface area contributed by atoms with Gasteiger partial charge in [-0.05, 0) is 67.6 Å². The zero-order valence-corrected chi connectivity index (χ0v) is 17.6. The molecule has 1 fully saturated rings. The highest BCUT2D eigenvalue weighted by atomic mass is 16.5. The van der Waals surface area contributed by atoms with E-state index in [1.165, 1.54) is 19.3 Å². The van der Waals surface area contributed by atoms with Crippen LogP contribution in [0.25, 0.3) is 0 Å². The maximum absolute atomic E-state index is 12.2. The van der Waals surface area contributed by atoms with E-state index in [1.807, 2.05) is 42.5 Å². The minimum absolute atomic E-state index is 0.343. The Hall–Kier alpha value is -3.22. The first-order chi connectivity index (χ1) is 14.6. The summed E-state index contributed by atoms with van der Waals surface area (Å²) in [5.41, 5.74) is 2.73. The third-order valence-corrected chi connectivity index (χ3v) is 5.20. The van der Waals surface area contributed by atoms with E-state index in [9.17, 15) is 9.59 Å². The summed E-state index contributed by atoms with van der Waals surface area (Å²) in [4.78, 5) is 26.6. The zero-order valence-electron chi connectivity index (χ0n) is 17.6. The van der Waals surface area contributed by atoms with Crippen molar-refractivity contribution < 1.29 is 19.1 Å². The molecular weight excluding hydrogens is 382 g/mol. The molecule has 0 bridgehead atoms. The van der Waals surface area contributed by atoms with Crippen molar-refractivity contribution in [3.63, 3.8) is 0 Å². The quantitative estimate of drug-likeness (QED) is 0.685. The van der Waals surface area contributed by atoms with Crippen LogP contribution in [-0.2, 0) is 16.0 Å². The van der Waals surface area contributed by atoms with Crippen LogP contribution in [0.15, 0.2) is 42.5 Å². The molecule has 0 saturated carbocycles. The zero-order chi connectivity index (χ0) is 21.3. The molecule has 1 aliphatic heterocycles. The fourth-order valence-corrected chi connectivity index (χ4v) is 3.53. The Morgan fingerprint density at radius 1 is 0.900 bits per heavy atom. The van der Waals surface area contributed by atoms with E-state index in [1.54, 1.807) is 14.2 Å².